The first-order chi connectivity index (χ1) is 11.6. The van der Waals surface area contributed by atoms with Crippen LogP contribution in [0.15, 0.2) is 24.3 Å². The quantitative estimate of drug-likeness (QED) is 0.846. The summed E-state index contributed by atoms with van der Waals surface area (Å²) >= 11 is 0. The largest absolute Gasteiger partial charge is 0.340 e. The van der Waals surface area contributed by atoms with E-state index < -0.39 is 0 Å². The number of fused-ring (bicyclic) bond motifs is 1. The molecule has 0 unspecified atom stereocenters. The van der Waals surface area contributed by atoms with Gasteiger partial charge in [-0.05, 0) is 52.0 Å². The molecule has 1 saturated heterocycles. The zero-order valence-corrected chi connectivity index (χ0v) is 15.0. The Kier molecular flexibility index (Phi) is 5.19. The van der Waals surface area contributed by atoms with Crippen molar-refractivity contribution in [2.45, 2.75) is 38.6 Å². The summed E-state index contributed by atoms with van der Waals surface area (Å²) < 4.78 is 2.11. The van der Waals surface area contributed by atoms with Crippen molar-refractivity contribution < 1.29 is 4.79 Å². The Morgan fingerprint density at radius 2 is 1.96 bits per heavy atom. The average Bonchev–Trinajstić information content (AvgIpc) is 2.92. The van der Waals surface area contributed by atoms with Crippen LogP contribution in [0.1, 0.15) is 32.0 Å². The molecule has 1 aromatic heterocycles. The van der Waals surface area contributed by atoms with Crippen molar-refractivity contribution in [2.75, 3.05) is 26.7 Å². The van der Waals surface area contributed by atoms with Gasteiger partial charge in [-0.15, -0.1) is 0 Å². The molecule has 2 heterocycles. The molecule has 0 atom stereocenters. The number of carbonyl (C=O) groups is 1. The predicted octanol–water partition coefficient (Wildman–Crippen LogP) is 2.45. The van der Waals surface area contributed by atoms with Crippen LogP contribution in [0.4, 0.5) is 0 Å². The van der Waals surface area contributed by atoms with Crippen LogP contribution in [-0.2, 0) is 18.3 Å². The molecule has 0 saturated carbocycles. The Morgan fingerprint density at radius 1 is 1.25 bits per heavy atom. The second-order valence-corrected chi connectivity index (χ2v) is 6.79. The standard InChI is InChI=1S/C19H28N4O/c1-4-23(15-11-13-21(2)14-12-15)19(24)10-9-18-20-16-7-5-6-8-17(16)22(18)3/h5-8,15H,4,9-14H2,1-3H3. The third-order valence-electron chi connectivity index (χ3n) is 5.23. The van der Waals surface area contributed by atoms with Crippen molar-refractivity contribution in [3.05, 3.63) is 30.1 Å². The van der Waals surface area contributed by atoms with E-state index in [1.807, 2.05) is 25.2 Å². The fourth-order valence-electron chi connectivity index (χ4n) is 3.73. The van der Waals surface area contributed by atoms with E-state index in [0.717, 1.165) is 49.3 Å². The summed E-state index contributed by atoms with van der Waals surface area (Å²) in [5, 5.41) is 0. The highest BCUT2D eigenvalue weighted by atomic mass is 16.2. The van der Waals surface area contributed by atoms with Gasteiger partial charge in [-0.3, -0.25) is 4.79 Å². The van der Waals surface area contributed by atoms with Gasteiger partial charge in [0, 0.05) is 32.5 Å². The minimum atomic E-state index is 0.263. The minimum absolute atomic E-state index is 0.263. The van der Waals surface area contributed by atoms with Gasteiger partial charge in [0.15, 0.2) is 0 Å². The van der Waals surface area contributed by atoms with E-state index in [9.17, 15) is 4.79 Å². The molecule has 5 nitrogen and oxygen atoms in total. The molecule has 0 N–H and O–H groups in total. The Hall–Kier alpha value is -1.88. The number of para-hydroxylation sites is 2. The van der Waals surface area contributed by atoms with Crippen molar-refractivity contribution in [1.29, 1.82) is 0 Å². The number of imidazole rings is 1. The maximum absolute atomic E-state index is 12.7. The lowest BCUT2D eigenvalue weighted by Crippen LogP contribution is -2.46. The zero-order chi connectivity index (χ0) is 17.1. The van der Waals surface area contributed by atoms with Gasteiger partial charge in [0.1, 0.15) is 5.82 Å². The number of benzene rings is 1. The fraction of sp³-hybridized carbons (Fsp3) is 0.579. The molecule has 3 rings (SSSR count). The number of carbonyl (C=O) groups excluding carboxylic acids is 1. The number of rotatable bonds is 5. The summed E-state index contributed by atoms with van der Waals surface area (Å²) in [5.41, 5.74) is 2.13. The van der Waals surface area contributed by atoms with Gasteiger partial charge < -0.3 is 14.4 Å². The van der Waals surface area contributed by atoms with E-state index in [1.165, 1.54) is 0 Å². The maximum atomic E-state index is 12.7. The Balaban J connectivity index is 1.64. The van der Waals surface area contributed by atoms with Crippen LogP contribution in [0.25, 0.3) is 11.0 Å². The van der Waals surface area contributed by atoms with Crippen LogP contribution >= 0.6 is 0 Å². The summed E-state index contributed by atoms with van der Waals surface area (Å²) in [6, 6.07) is 8.53. The van der Waals surface area contributed by atoms with Crippen LogP contribution in [0, 0.1) is 0 Å². The van der Waals surface area contributed by atoms with Gasteiger partial charge in [-0.1, -0.05) is 12.1 Å². The third kappa shape index (κ3) is 3.46. The van der Waals surface area contributed by atoms with Gasteiger partial charge in [0.2, 0.25) is 5.91 Å². The van der Waals surface area contributed by atoms with E-state index in [2.05, 4.69) is 39.4 Å². The predicted molar refractivity (Wildman–Crippen MR) is 96.9 cm³/mol. The van der Waals surface area contributed by atoms with Crippen molar-refractivity contribution in [2.24, 2.45) is 7.05 Å². The number of nitrogens with zero attached hydrogens (tertiary/aromatic N) is 4. The molecule has 1 aromatic carbocycles. The molecule has 0 bridgehead atoms. The topological polar surface area (TPSA) is 41.4 Å². The molecular formula is C19H28N4O. The molecular weight excluding hydrogens is 300 g/mol. The van der Waals surface area contributed by atoms with E-state index in [-0.39, 0.29) is 5.91 Å². The Morgan fingerprint density at radius 3 is 2.62 bits per heavy atom. The third-order valence-corrected chi connectivity index (χ3v) is 5.23. The molecule has 1 aliphatic heterocycles. The van der Waals surface area contributed by atoms with Gasteiger partial charge in [0.25, 0.3) is 0 Å². The summed E-state index contributed by atoms with van der Waals surface area (Å²) in [7, 11) is 4.18. The first kappa shape index (κ1) is 17.0. The van der Waals surface area contributed by atoms with Crippen LogP contribution in [0.2, 0.25) is 0 Å². The second kappa shape index (κ2) is 7.34. The van der Waals surface area contributed by atoms with Crippen molar-refractivity contribution in [3.8, 4) is 0 Å². The van der Waals surface area contributed by atoms with Crippen molar-refractivity contribution in [1.82, 2.24) is 19.4 Å². The first-order valence-electron chi connectivity index (χ1n) is 8.98. The van der Waals surface area contributed by atoms with Crippen LogP contribution in [-0.4, -0.2) is 58.0 Å². The summed E-state index contributed by atoms with van der Waals surface area (Å²) in [4.78, 5) is 21.8. The van der Waals surface area contributed by atoms with Gasteiger partial charge in [0.05, 0.1) is 11.0 Å². The first-order valence-corrected chi connectivity index (χ1v) is 8.98. The number of aryl methyl sites for hydroxylation is 2. The molecule has 1 fully saturated rings. The summed E-state index contributed by atoms with van der Waals surface area (Å²) in [5.74, 6) is 1.25. The molecule has 24 heavy (non-hydrogen) atoms. The Bertz CT molecular complexity index is 700. The van der Waals surface area contributed by atoms with Gasteiger partial charge >= 0.3 is 0 Å². The highest BCUT2D eigenvalue weighted by Crippen LogP contribution is 2.18. The molecule has 2 aromatic rings. The highest BCUT2D eigenvalue weighted by Gasteiger charge is 2.25. The lowest BCUT2D eigenvalue weighted by atomic mass is 10.0. The van der Waals surface area contributed by atoms with E-state index >= 15 is 0 Å². The monoisotopic (exact) mass is 328 g/mol. The van der Waals surface area contributed by atoms with Gasteiger partial charge in [-0.25, -0.2) is 4.98 Å². The smallest absolute Gasteiger partial charge is 0.223 e. The Labute approximate surface area is 144 Å². The second-order valence-electron chi connectivity index (χ2n) is 6.79. The SMILES string of the molecule is CCN(C(=O)CCc1nc2ccccc2n1C)C1CCN(C)CC1. The number of amides is 1. The molecule has 1 amide bonds. The molecule has 1 aliphatic rings. The molecule has 5 heteroatoms. The molecule has 130 valence electrons. The molecule has 0 aliphatic carbocycles. The number of hydrogen-bond acceptors (Lipinski definition) is 3. The number of aromatic nitrogens is 2. The normalized spacial score (nSPS) is 16.6. The highest BCUT2D eigenvalue weighted by molar-refractivity contribution is 5.78. The van der Waals surface area contributed by atoms with Crippen molar-refractivity contribution in [3.63, 3.8) is 0 Å². The lowest BCUT2D eigenvalue weighted by Gasteiger charge is -2.36. The summed E-state index contributed by atoms with van der Waals surface area (Å²) in [6.45, 7) is 5.06. The van der Waals surface area contributed by atoms with E-state index in [0.29, 0.717) is 18.9 Å². The van der Waals surface area contributed by atoms with Crippen LogP contribution < -0.4 is 0 Å². The number of hydrogen-bond donors (Lipinski definition) is 0. The minimum Gasteiger partial charge on any atom is -0.340 e. The van der Waals surface area contributed by atoms with Crippen LogP contribution in [0.5, 0.6) is 0 Å². The average molecular weight is 328 g/mol. The summed E-state index contributed by atoms with van der Waals surface area (Å²) in [6.07, 6.45) is 3.41. The van der Waals surface area contributed by atoms with Crippen molar-refractivity contribution >= 4 is 16.9 Å². The number of likely N-dealkylation sites (tertiary alicyclic amines) is 1. The van der Waals surface area contributed by atoms with Crippen LogP contribution in [0.3, 0.4) is 0 Å². The zero-order valence-electron chi connectivity index (χ0n) is 15.0. The number of piperidine rings is 1. The molecule has 0 radical (unpaired) electrons. The van der Waals surface area contributed by atoms with E-state index in [4.69, 9.17) is 0 Å². The lowest BCUT2D eigenvalue weighted by molar-refractivity contribution is -0.134. The van der Waals surface area contributed by atoms with Gasteiger partial charge in [-0.2, -0.15) is 0 Å². The van der Waals surface area contributed by atoms with E-state index in [1.54, 1.807) is 0 Å². The fourth-order valence-corrected chi connectivity index (χ4v) is 3.73. The maximum Gasteiger partial charge on any atom is 0.223 e. The molecule has 0 spiro atoms.